The monoisotopic (exact) mass is 237 g/mol. The molecular formula is C13H16FNO2. The van der Waals surface area contributed by atoms with E-state index >= 15 is 0 Å². The Kier molecular flexibility index (Phi) is 3.31. The van der Waals surface area contributed by atoms with Crippen molar-refractivity contribution in [2.24, 2.45) is 11.8 Å². The molecule has 0 bridgehead atoms. The third-order valence-electron chi connectivity index (χ3n) is 3.41. The van der Waals surface area contributed by atoms with Crippen molar-refractivity contribution in [3.63, 3.8) is 0 Å². The molecule has 3 nitrogen and oxygen atoms in total. The molecule has 2 atom stereocenters. The first-order valence-corrected chi connectivity index (χ1v) is 5.87. The van der Waals surface area contributed by atoms with Gasteiger partial charge < -0.3 is 10.4 Å². The SMILES string of the molecule is CC1CCCC1C(=O)Nc1ccc(O)c(F)c1. The molecule has 1 aliphatic rings. The minimum atomic E-state index is -0.720. The van der Waals surface area contributed by atoms with Crippen LogP contribution in [0.4, 0.5) is 10.1 Å². The Morgan fingerprint density at radius 2 is 2.24 bits per heavy atom. The summed E-state index contributed by atoms with van der Waals surface area (Å²) in [7, 11) is 0. The highest BCUT2D eigenvalue weighted by Gasteiger charge is 2.29. The van der Waals surface area contributed by atoms with Crippen molar-refractivity contribution in [2.45, 2.75) is 26.2 Å². The molecule has 1 aromatic rings. The molecule has 2 N–H and O–H groups in total. The van der Waals surface area contributed by atoms with Gasteiger partial charge in [0.2, 0.25) is 5.91 Å². The standard InChI is InChI=1S/C13H16FNO2/c1-8-3-2-4-10(8)13(17)15-9-5-6-12(16)11(14)7-9/h5-8,10,16H,2-4H2,1H3,(H,15,17). The predicted molar refractivity (Wildman–Crippen MR) is 63.2 cm³/mol. The summed E-state index contributed by atoms with van der Waals surface area (Å²) in [4.78, 5) is 11.9. The molecule has 1 saturated carbocycles. The number of anilines is 1. The third kappa shape index (κ3) is 2.57. The second kappa shape index (κ2) is 4.73. The van der Waals surface area contributed by atoms with Crippen molar-refractivity contribution in [3.8, 4) is 5.75 Å². The summed E-state index contributed by atoms with van der Waals surface area (Å²) in [6, 6.07) is 3.87. The maximum absolute atomic E-state index is 13.1. The maximum atomic E-state index is 13.1. The van der Waals surface area contributed by atoms with Gasteiger partial charge >= 0.3 is 0 Å². The number of benzene rings is 1. The van der Waals surface area contributed by atoms with Gasteiger partial charge in [-0.1, -0.05) is 13.3 Å². The predicted octanol–water partition coefficient (Wildman–Crippen LogP) is 2.91. The van der Waals surface area contributed by atoms with Gasteiger partial charge in [0.15, 0.2) is 11.6 Å². The molecule has 1 fully saturated rings. The van der Waals surface area contributed by atoms with Crippen LogP contribution in [0.5, 0.6) is 5.75 Å². The molecule has 0 aliphatic heterocycles. The van der Waals surface area contributed by atoms with Gasteiger partial charge in [-0.05, 0) is 30.9 Å². The van der Waals surface area contributed by atoms with E-state index in [0.717, 1.165) is 25.3 Å². The van der Waals surface area contributed by atoms with Crippen molar-refractivity contribution >= 4 is 11.6 Å². The van der Waals surface area contributed by atoms with Crippen LogP contribution in [0.3, 0.4) is 0 Å². The number of halogens is 1. The molecule has 0 heterocycles. The first kappa shape index (κ1) is 11.9. The van der Waals surface area contributed by atoms with Crippen molar-refractivity contribution < 1.29 is 14.3 Å². The second-order valence-corrected chi connectivity index (χ2v) is 4.67. The van der Waals surface area contributed by atoms with Crippen LogP contribution in [0.15, 0.2) is 18.2 Å². The molecule has 0 spiro atoms. The third-order valence-corrected chi connectivity index (χ3v) is 3.41. The summed E-state index contributed by atoms with van der Waals surface area (Å²) in [6.45, 7) is 2.06. The number of nitrogens with one attached hydrogen (secondary N) is 1. The van der Waals surface area contributed by atoms with Crippen molar-refractivity contribution in [1.82, 2.24) is 0 Å². The first-order valence-electron chi connectivity index (χ1n) is 5.87. The van der Waals surface area contributed by atoms with Crippen LogP contribution in [0.1, 0.15) is 26.2 Å². The summed E-state index contributed by atoms with van der Waals surface area (Å²) in [6.07, 6.45) is 3.04. The summed E-state index contributed by atoms with van der Waals surface area (Å²) in [5, 5.41) is 11.7. The molecule has 17 heavy (non-hydrogen) atoms. The van der Waals surface area contributed by atoms with Crippen LogP contribution in [0, 0.1) is 17.7 Å². The fourth-order valence-electron chi connectivity index (χ4n) is 2.35. The molecule has 0 saturated heterocycles. The van der Waals surface area contributed by atoms with Crippen LogP contribution in [-0.4, -0.2) is 11.0 Å². The van der Waals surface area contributed by atoms with Gasteiger partial charge in [-0.25, -0.2) is 4.39 Å². The summed E-state index contributed by atoms with van der Waals surface area (Å²) >= 11 is 0. The largest absolute Gasteiger partial charge is 0.505 e. The van der Waals surface area contributed by atoms with Crippen molar-refractivity contribution in [2.75, 3.05) is 5.32 Å². The van der Waals surface area contributed by atoms with Crippen LogP contribution >= 0.6 is 0 Å². The van der Waals surface area contributed by atoms with Crippen LogP contribution in [-0.2, 0) is 4.79 Å². The topological polar surface area (TPSA) is 49.3 Å². The molecule has 4 heteroatoms. The minimum Gasteiger partial charge on any atom is -0.505 e. The minimum absolute atomic E-state index is 0.0202. The van der Waals surface area contributed by atoms with Gasteiger partial charge in [0.25, 0.3) is 0 Å². The molecule has 2 rings (SSSR count). The Balaban J connectivity index is 2.05. The van der Waals surface area contributed by atoms with E-state index in [4.69, 9.17) is 5.11 Å². The number of rotatable bonds is 2. The highest BCUT2D eigenvalue weighted by molar-refractivity contribution is 5.92. The first-order chi connectivity index (χ1) is 8.08. The molecule has 92 valence electrons. The lowest BCUT2D eigenvalue weighted by atomic mass is 9.97. The highest BCUT2D eigenvalue weighted by Crippen LogP contribution is 2.32. The lowest BCUT2D eigenvalue weighted by molar-refractivity contribution is -0.120. The number of carbonyl (C=O) groups excluding carboxylic acids is 1. The number of carbonyl (C=O) groups is 1. The number of aromatic hydroxyl groups is 1. The summed E-state index contributed by atoms with van der Waals surface area (Å²) in [5.74, 6) is -0.775. The van der Waals surface area contributed by atoms with Crippen LogP contribution in [0.25, 0.3) is 0 Å². The number of phenolic OH excluding ortho intramolecular Hbond substituents is 1. The number of phenols is 1. The van der Waals surface area contributed by atoms with Gasteiger partial charge in [-0.2, -0.15) is 0 Å². The molecule has 1 aromatic carbocycles. The summed E-state index contributed by atoms with van der Waals surface area (Å²) in [5.41, 5.74) is 0.393. The van der Waals surface area contributed by atoms with E-state index in [1.54, 1.807) is 0 Å². The number of amides is 1. The summed E-state index contributed by atoms with van der Waals surface area (Å²) < 4.78 is 13.1. The fraction of sp³-hybridized carbons (Fsp3) is 0.462. The zero-order valence-electron chi connectivity index (χ0n) is 9.74. The zero-order chi connectivity index (χ0) is 12.4. The lowest BCUT2D eigenvalue weighted by Gasteiger charge is -2.15. The molecule has 0 radical (unpaired) electrons. The van der Waals surface area contributed by atoms with Crippen LogP contribution < -0.4 is 5.32 Å². The normalized spacial score (nSPS) is 23.6. The van der Waals surface area contributed by atoms with Gasteiger partial charge in [0.1, 0.15) is 0 Å². The van der Waals surface area contributed by atoms with Gasteiger partial charge in [-0.3, -0.25) is 4.79 Å². The molecule has 1 amide bonds. The van der Waals surface area contributed by atoms with E-state index in [9.17, 15) is 9.18 Å². The van der Waals surface area contributed by atoms with E-state index in [0.29, 0.717) is 11.6 Å². The lowest BCUT2D eigenvalue weighted by Crippen LogP contribution is -2.24. The average Bonchev–Trinajstić information content (AvgIpc) is 2.70. The van der Waals surface area contributed by atoms with E-state index in [-0.39, 0.29) is 11.8 Å². The molecule has 1 aliphatic carbocycles. The quantitative estimate of drug-likeness (QED) is 0.777. The average molecular weight is 237 g/mol. The molecular weight excluding hydrogens is 221 g/mol. The Morgan fingerprint density at radius 1 is 1.47 bits per heavy atom. The Hall–Kier alpha value is -1.58. The van der Waals surface area contributed by atoms with Crippen molar-refractivity contribution in [1.29, 1.82) is 0 Å². The Bertz CT molecular complexity index is 433. The van der Waals surface area contributed by atoms with E-state index in [2.05, 4.69) is 12.2 Å². The number of hydrogen-bond acceptors (Lipinski definition) is 2. The zero-order valence-corrected chi connectivity index (χ0v) is 9.74. The molecule has 0 aromatic heterocycles. The van der Waals surface area contributed by atoms with E-state index in [1.807, 2.05) is 0 Å². The Morgan fingerprint density at radius 3 is 2.82 bits per heavy atom. The Labute approximate surface area is 99.7 Å². The van der Waals surface area contributed by atoms with Crippen LogP contribution in [0.2, 0.25) is 0 Å². The smallest absolute Gasteiger partial charge is 0.227 e. The van der Waals surface area contributed by atoms with Gasteiger partial charge in [0.05, 0.1) is 0 Å². The second-order valence-electron chi connectivity index (χ2n) is 4.67. The highest BCUT2D eigenvalue weighted by atomic mass is 19.1. The number of hydrogen-bond donors (Lipinski definition) is 2. The van der Waals surface area contributed by atoms with E-state index in [1.165, 1.54) is 12.1 Å². The van der Waals surface area contributed by atoms with Crippen molar-refractivity contribution in [3.05, 3.63) is 24.0 Å². The van der Waals surface area contributed by atoms with Gasteiger partial charge in [0, 0.05) is 17.7 Å². The molecule has 2 unspecified atom stereocenters. The fourth-order valence-corrected chi connectivity index (χ4v) is 2.35. The maximum Gasteiger partial charge on any atom is 0.227 e. The van der Waals surface area contributed by atoms with E-state index < -0.39 is 11.6 Å². The van der Waals surface area contributed by atoms with Gasteiger partial charge in [-0.15, -0.1) is 0 Å².